The van der Waals surface area contributed by atoms with Crippen molar-refractivity contribution in [2.24, 2.45) is 0 Å². The van der Waals surface area contributed by atoms with E-state index < -0.39 is 0 Å². The summed E-state index contributed by atoms with van der Waals surface area (Å²) < 4.78 is 17.2. The highest BCUT2D eigenvalue weighted by atomic mass is 127. The molecule has 126 valence electrons. The minimum atomic E-state index is -0.153. The number of ether oxygens (including phenoxy) is 3. The van der Waals surface area contributed by atoms with Crippen LogP contribution in [0.5, 0.6) is 17.2 Å². The van der Waals surface area contributed by atoms with Crippen LogP contribution in [0.15, 0.2) is 36.4 Å². The van der Waals surface area contributed by atoms with Gasteiger partial charge in [-0.3, -0.25) is 4.79 Å². The summed E-state index contributed by atoms with van der Waals surface area (Å²) in [6.45, 7) is 0.456. The number of methoxy groups -OCH3 is 2. The van der Waals surface area contributed by atoms with E-state index in [0.717, 1.165) is 15.7 Å². The summed E-state index contributed by atoms with van der Waals surface area (Å²) >= 11 is 2.12. The van der Waals surface area contributed by atoms with Crippen LogP contribution in [0.4, 0.5) is 0 Å². The Morgan fingerprint density at radius 3 is 2.67 bits per heavy atom. The van der Waals surface area contributed by atoms with Crippen molar-refractivity contribution in [1.29, 1.82) is 0 Å². The molecular weight excluding hydrogens is 421 g/mol. The predicted octanol–water partition coefficient (Wildman–Crippen LogP) is 3.04. The molecule has 0 aromatic heterocycles. The molecule has 0 fully saturated rings. The molecule has 1 atom stereocenters. The minimum absolute atomic E-state index is 0.0378. The van der Waals surface area contributed by atoms with Gasteiger partial charge in [0, 0.05) is 9.99 Å². The number of carbonyl (C=O) groups excluding carboxylic acids is 1. The molecule has 1 unspecified atom stereocenters. The number of carbonyl (C=O) groups is 1. The Labute approximate surface area is 154 Å². The van der Waals surface area contributed by atoms with Crippen molar-refractivity contribution >= 4 is 28.5 Å². The van der Waals surface area contributed by atoms with Gasteiger partial charge in [0.15, 0.2) is 11.5 Å². The van der Waals surface area contributed by atoms with Gasteiger partial charge in [0.05, 0.1) is 26.3 Å². The minimum Gasteiger partial charge on any atom is -0.493 e. The Morgan fingerprint density at radius 2 is 1.96 bits per heavy atom. The molecule has 0 spiro atoms. The molecule has 1 N–H and O–H groups in total. The van der Waals surface area contributed by atoms with Crippen molar-refractivity contribution in [2.75, 3.05) is 20.8 Å². The lowest BCUT2D eigenvalue weighted by atomic mass is 10.1. The third kappa shape index (κ3) is 3.43. The van der Waals surface area contributed by atoms with Crippen molar-refractivity contribution < 1.29 is 19.0 Å². The van der Waals surface area contributed by atoms with Gasteiger partial charge in [-0.1, -0.05) is 18.2 Å². The van der Waals surface area contributed by atoms with Crippen LogP contribution in [0.3, 0.4) is 0 Å². The normalized spacial score (nSPS) is 15.4. The Balaban J connectivity index is 1.66. The maximum Gasteiger partial charge on any atom is 0.252 e. The zero-order valence-corrected chi connectivity index (χ0v) is 15.6. The van der Waals surface area contributed by atoms with E-state index in [0.29, 0.717) is 23.6 Å². The molecular formula is C18H18INO4. The van der Waals surface area contributed by atoms with Crippen LogP contribution in [0.1, 0.15) is 15.9 Å². The van der Waals surface area contributed by atoms with Crippen molar-refractivity contribution in [3.8, 4) is 17.2 Å². The van der Waals surface area contributed by atoms with E-state index >= 15 is 0 Å². The zero-order valence-electron chi connectivity index (χ0n) is 13.5. The summed E-state index contributed by atoms with van der Waals surface area (Å²) in [5.74, 6) is 1.89. The van der Waals surface area contributed by atoms with Gasteiger partial charge in [-0.2, -0.15) is 0 Å². The molecule has 0 aliphatic carbocycles. The third-order valence-electron chi connectivity index (χ3n) is 3.92. The first-order valence-electron chi connectivity index (χ1n) is 7.56. The van der Waals surface area contributed by atoms with Gasteiger partial charge in [-0.15, -0.1) is 0 Å². The van der Waals surface area contributed by atoms with Crippen LogP contribution in [0.2, 0.25) is 0 Å². The first-order chi connectivity index (χ1) is 11.6. The van der Waals surface area contributed by atoms with Gasteiger partial charge in [0.1, 0.15) is 11.9 Å². The summed E-state index contributed by atoms with van der Waals surface area (Å²) in [6, 6.07) is 11.4. The van der Waals surface area contributed by atoms with Gasteiger partial charge in [-0.05, 0) is 46.4 Å². The Bertz CT molecular complexity index is 738. The predicted molar refractivity (Wildman–Crippen MR) is 99.2 cm³/mol. The van der Waals surface area contributed by atoms with Crippen LogP contribution in [-0.4, -0.2) is 32.8 Å². The van der Waals surface area contributed by atoms with Crippen LogP contribution in [0.25, 0.3) is 0 Å². The Kier molecular flexibility index (Phi) is 5.13. The molecule has 5 nitrogen and oxygen atoms in total. The number of nitrogens with one attached hydrogen (secondary N) is 1. The molecule has 0 bridgehead atoms. The number of rotatable bonds is 5. The maximum absolute atomic E-state index is 12.5. The number of para-hydroxylation sites is 1. The van der Waals surface area contributed by atoms with Crippen molar-refractivity contribution in [3.05, 3.63) is 51.1 Å². The van der Waals surface area contributed by atoms with Crippen molar-refractivity contribution in [1.82, 2.24) is 5.32 Å². The lowest BCUT2D eigenvalue weighted by Gasteiger charge is -2.14. The quantitative estimate of drug-likeness (QED) is 0.728. The monoisotopic (exact) mass is 439 g/mol. The van der Waals surface area contributed by atoms with E-state index in [4.69, 9.17) is 14.2 Å². The average molecular weight is 439 g/mol. The van der Waals surface area contributed by atoms with Crippen LogP contribution >= 0.6 is 22.6 Å². The van der Waals surface area contributed by atoms with Crippen LogP contribution < -0.4 is 19.5 Å². The molecule has 1 amide bonds. The van der Waals surface area contributed by atoms with E-state index in [1.807, 2.05) is 18.2 Å². The van der Waals surface area contributed by atoms with Crippen molar-refractivity contribution in [2.45, 2.75) is 12.5 Å². The molecule has 24 heavy (non-hydrogen) atoms. The third-order valence-corrected chi connectivity index (χ3v) is 4.81. The number of fused-ring (bicyclic) bond motifs is 1. The van der Waals surface area contributed by atoms with E-state index in [-0.39, 0.29) is 12.0 Å². The van der Waals surface area contributed by atoms with E-state index in [1.54, 1.807) is 26.4 Å². The second-order valence-corrected chi connectivity index (χ2v) is 6.61. The first-order valence-corrected chi connectivity index (χ1v) is 8.64. The summed E-state index contributed by atoms with van der Waals surface area (Å²) in [7, 11) is 3.12. The number of hydrogen-bond donors (Lipinski definition) is 1. The number of hydrogen-bond acceptors (Lipinski definition) is 4. The van der Waals surface area contributed by atoms with Gasteiger partial charge in [0.2, 0.25) is 0 Å². The lowest BCUT2D eigenvalue weighted by Crippen LogP contribution is -2.34. The van der Waals surface area contributed by atoms with E-state index in [9.17, 15) is 4.79 Å². The summed E-state index contributed by atoms with van der Waals surface area (Å²) in [6.07, 6.45) is 0.767. The molecule has 0 radical (unpaired) electrons. The fraction of sp³-hybridized carbons (Fsp3) is 0.278. The van der Waals surface area contributed by atoms with Crippen LogP contribution in [-0.2, 0) is 6.42 Å². The van der Waals surface area contributed by atoms with Gasteiger partial charge in [0.25, 0.3) is 5.91 Å². The van der Waals surface area contributed by atoms with Gasteiger partial charge < -0.3 is 19.5 Å². The Morgan fingerprint density at radius 1 is 1.25 bits per heavy atom. The zero-order chi connectivity index (χ0) is 17.1. The molecule has 3 rings (SSSR count). The van der Waals surface area contributed by atoms with Crippen molar-refractivity contribution in [3.63, 3.8) is 0 Å². The highest BCUT2D eigenvalue weighted by molar-refractivity contribution is 14.1. The molecule has 0 saturated carbocycles. The van der Waals surface area contributed by atoms with Gasteiger partial charge in [-0.25, -0.2) is 0 Å². The molecule has 1 aliphatic rings. The fourth-order valence-corrected chi connectivity index (χ4v) is 3.38. The number of amides is 1. The highest BCUT2D eigenvalue weighted by Gasteiger charge is 2.23. The SMILES string of the molecule is COc1cc(I)c(C(=O)NCC2Cc3ccccc3O2)cc1OC. The maximum atomic E-state index is 12.5. The second-order valence-electron chi connectivity index (χ2n) is 5.45. The Hall–Kier alpha value is -1.96. The molecule has 0 saturated heterocycles. The standard InChI is InChI=1S/C18H18INO4/c1-22-16-8-13(14(19)9-17(16)23-2)18(21)20-10-12-7-11-5-3-4-6-15(11)24-12/h3-6,8-9,12H,7,10H2,1-2H3,(H,20,21). The average Bonchev–Trinajstić information content (AvgIpc) is 3.02. The summed E-state index contributed by atoms with van der Waals surface area (Å²) in [5, 5.41) is 2.94. The van der Waals surface area contributed by atoms with Crippen LogP contribution in [0, 0.1) is 3.57 Å². The lowest BCUT2D eigenvalue weighted by molar-refractivity contribution is 0.0932. The molecule has 6 heteroatoms. The fourth-order valence-electron chi connectivity index (χ4n) is 2.70. The second kappa shape index (κ2) is 7.29. The topological polar surface area (TPSA) is 56.8 Å². The molecule has 1 aliphatic heterocycles. The summed E-state index contributed by atoms with van der Waals surface area (Å²) in [4.78, 5) is 12.5. The number of benzene rings is 2. The summed E-state index contributed by atoms with van der Waals surface area (Å²) in [5.41, 5.74) is 1.74. The molecule has 2 aromatic carbocycles. The first kappa shape index (κ1) is 16.9. The van der Waals surface area contributed by atoms with E-state index in [2.05, 4.69) is 34.0 Å². The molecule has 2 aromatic rings. The number of halogens is 1. The highest BCUT2D eigenvalue weighted by Crippen LogP contribution is 2.31. The largest absolute Gasteiger partial charge is 0.493 e. The van der Waals surface area contributed by atoms with E-state index in [1.165, 1.54) is 5.56 Å². The van der Waals surface area contributed by atoms with Gasteiger partial charge >= 0.3 is 0 Å². The molecule has 1 heterocycles. The smallest absolute Gasteiger partial charge is 0.252 e.